The number of likely N-dealkylation sites (tertiary alicyclic amines) is 1. The van der Waals surface area contributed by atoms with E-state index in [1.54, 1.807) is 29.2 Å². The number of carboxylic acids is 1. The van der Waals surface area contributed by atoms with Crippen molar-refractivity contribution in [3.8, 4) is 0 Å². The van der Waals surface area contributed by atoms with E-state index in [0.717, 1.165) is 6.42 Å². The van der Waals surface area contributed by atoms with E-state index in [4.69, 9.17) is 5.11 Å². The van der Waals surface area contributed by atoms with Crippen LogP contribution in [0.5, 0.6) is 0 Å². The second-order valence-electron chi connectivity index (χ2n) is 6.56. The Morgan fingerprint density at radius 2 is 1.96 bits per heavy atom. The monoisotopic (exact) mass is 347 g/mol. The molecule has 0 aliphatic carbocycles. The predicted molar refractivity (Wildman–Crippen MR) is 93.1 cm³/mol. The van der Waals surface area contributed by atoms with Crippen LogP contribution in [-0.2, 0) is 4.79 Å². The Balaban J connectivity index is 2.00. The summed E-state index contributed by atoms with van der Waals surface area (Å²) in [5.74, 6) is -0.882. The van der Waals surface area contributed by atoms with Gasteiger partial charge in [0.25, 0.3) is 5.91 Å². The van der Waals surface area contributed by atoms with E-state index >= 15 is 0 Å². The van der Waals surface area contributed by atoms with Gasteiger partial charge in [0.15, 0.2) is 0 Å². The molecular weight excluding hydrogens is 322 g/mol. The van der Waals surface area contributed by atoms with Crippen molar-refractivity contribution in [1.82, 2.24) is 4.90 Å². The molecule has 0 radical (unpaired) electrons. The minimum atomic E-state index is -1.10. The normalized spacial score (nSPS) is 22.9. The molecule has 1 heterocycles. The van der Waals surface area contributed by atoms with Gasteiger partial charge in [0.05, 0.1) is 24.7 Å². The van der Waals surface area contributed by atoms with Crippen molar-refractivity contribution in [2.45, 2.75) is 44.4 Å². The van der Waals surface area contributed by atoms with Gasteiger partial charge in [-0.15, -0.1) is 0 Å². The molecule has 1 aliphatic heterocycles. The molecule has 1 fully saturated rings. The summed E-state index contributed by atoms with van der Waals surface area (Å²) < 4.78 is 0. The lowest BCUT2D eigenvalue weighted by atomic mass is 10.0. The number of nitrogens with zero attached hydrogens (tertiary/aromatic N) is 1. The quantitative estimate of drug-likeness (QED) is 0.652. The van der Waals surface area contributed by atoms with Gasteiger partial charge in [-0.3, -0.25) is 9.59 Å². The van der Waals surface area contributed by atoms with Crippen LogP contribution < -0.4 is 0 Å². The average Bonchev–Trinajstić information content (AvgIpc) is 2.93. The van der Waals surface area contributed by atoms with E-state index < -0.39 is 24.6 Å². The number of aliphatic hydroxyl groups excluding tert-OH is 2. The fraction of sp³-hybridized carbons (Fsp3) is 0.474. The van der Waals surface area contributed by atoms with Gasteiger partial charge < -0.3 is 20.2 Å². The predicted octanol–water partition coefficient (Wildman–Crippen LogP) is 1.68. The fourth-order valence-electron chi connectivity index (χ4n) is 3.13. The van der Waals surface area contributed by atoms with E-state index in [1.807, 2.05) is 18.2 Å². The number of carbonyl (C=O) groups is 2. The zero-order valence-electron chi connectivity index (χ0n) is 14.3. The smallest absolute Gasteiger partial charge is 0.305 e. The van der Waals surface area contributed by atoms with Crippen LogP contribution in [0.4, 0.5) is 0 Å². The number of hydrogen-bond acceptors (Lipinski definition) is 4. The lowest BCUT2D eigenvalue weighted by Crippen LogP contribution is -2.36. The lowest BCUT2D eigenvalue weighted by Gasteiger charge is -2.25. The number of amides is 1. The molecular formula is C19H25NO5. The molecule has 3 N–H and O–H groups in total. The Morgan fingerprint density at radius 3 is 2.60 bits per heavy atom. The molecule has 0 aromatic heterocycles. The van der Waals surface area contributed by atoms with Crippen molar-refractivity contribution in [3.63, 3.8) is 0 Å². The highest BCUT2D eigenvalue weighted by Gasteiger charge is 2.33. The largest absolute Gasteiger partial charge is 0.481 e. The summed E-state index contributed by atoms with van der Waals surface area (Å²) in [6.45, 7) is 2.71. The van der Waals surface area contributed by atoms with Crippen molar-refractivity contribution in [2.75, 3.05) is 6.54 Å². The van der Waals surface area contributed by atoms with Gasteiger partial charge in [0, 0.05) is 18.5 Å². The molecule has 136 valence electrons. The zero-order chi connectivity index (χ0) is 18.4. The Bertz CT molecular complexity index is 616. The summed E-state index contributed by atoms with van der Waals surface area (Å²) in [6, 6.07) is 8.95. The van der Waals surface area contributed by atoms with Crippen molar-refractivity contribution in [3.05, 3.63) is 48.0 Å². The molecule has 1 aliphatic rings. The van der Waals surface area contributed by atoms with Gasteiger partial charge in [-0.05, 0) is 24.5 Å². The second-order valence-corrected chi connectivity index (χ2v) is 6.56. The van der Waals surface area contributed by atoms with Crippen molar-refractivity contribution in [2.24, 2.45) is 5.92 Å². The van der Waals surface area contributed by atoms with Crippen LogP contribution in [0.25, 0.3) is 0 Å². The molecule has 1 aromatic rings. The molecule has 0 unspecified atom stereocenters. The highest BCUT2D eigenvalue weighted by molar-refractivity contribution is 5.94. The first-order valence-electron chi connectivity index (χ1n) is 8.50. The molecule has 1 amide bonds. The number of carboxylic acid groups (broad SMARTS) is 1. The van der Waals surface area contributed by atoms with Crippen LogP contribution in [-0.4, -0.2) is 56.9 Å². The number of rotatable bonds is 7. The maximum Gasteiger partial charge on any atom is 0.305 e. The van der Waals surface area contributed by atoms with Crippen LogP contribution in [0, 0.1) is 5.92 Å². The number of carbonyl (C=O) groups excluding carboxylic acids is 1. The van der Waals surface area contributed by atoms with Crippen molar-refractivity contribution in [1.29, 1.82) is 0 Å². The molecule has 0 bridgehead atoms. The highest BCUT2D eigenvalue weighted by atomic mass is 16.4. The van der Waals surface area contributed by atoms with Crippen LogP contribution >= 0.6 is 0 Å². The minimum Gasteiger partial charge on any atom is -0.481 e. The maximum absolute atomic E-state index is 12.7. The first kappa shape index (κ1) is 19.1. The van der Waals surface area contributed by atoms with E-state index in [2.05, 4.69) is 6.92 Å². The number of hydrogen-bond donors (Lipinski definition) is 3. The number of benzene rings is 1. The van der Waals surface area contributed by atoms with Crippen LogP contribution in [0.3, 0.4) is 0 Å². The van der Waals surface area contributed by atoms with Crippen molar-refractivity contribution >= 4 is 11.9 Å². The Kier molecular flexibility index (Phi) is 6.73. The molecule has 1 saturated heterocycles. The summed E-state index contributed by atoms with van der Waals surface area (Å²) in [5.41, 5.74) is 0.632. The number of aliphatic carboxylic acids is 1. The molecule has 4 atom stereocenters. The van der Waals surface area contributed by atoms with Crippen LogP contribution in [0.15, 0.2) is 42.5 Å². The second kappa shape index (κ2) is 8.78. The Labute approximate surface area is 147 Å². The van der Waals surface area contributed by atoms with E-state index in [9.17, 15) is 19.8 Å². The standard InChI is InChI=1S/C19H25NO5/c1-13-9-10-20(19(25)14-5-3-2-4-6-14)17(13)8-7-15(21)11-16(22)12-18(23)24/h2-8,13,15-17,21-22H,9-12H2,1H3,(H,23,24)/t13-,15-,16-,17-/m1/s1. The highest BCUT2D eigenvalue weighted by Crippen LogP contribution is 2.27. The van der Waals surface area contributed by atoms with Gasteiger partial charge in [-0.1, -0.05) is 37.3 Å². The molecule has 6 nitrogen and oxygen atoms in total. The van der Waals surface area contributed by atoms with E-state index in [-0.39, 0.29) is 24.3 Å². The summed E-state index contributed by atoms with van der Waals surface area (Å²) in [6.07, 6.45) is 1.72. The summed E-state index contributed by atoms with van der Waals surface area (Å²) >= 11 is 0. The van der Waals surface area contributed by atoms with Crippen LogP contribution in [0.1, 0.15) is 36.5 Å². The van der Waals surface area contributed by atoms with Gasteiger partial charge in [0.2, 0.25) is 0 Å². The first-order chi connectivity index (χ1) is 11.9. The fourth-order valence-corrected chi connectivity index (χ4v) is 3.13. The summed E-state index contributed by atoms with van der Waals surface area (Å²) in [4.78, 5) is 25.0. The maximum atomic E-state index is 12.7. The van der Waals surface area contributed by atoms with Crippen molar-refractivity contribution < 1.29 is 24.9 Å². The third kappa shape index (κ3) is 5.41. The molecule has 25 heavy (non-hydrogen) atoms. The average molecular weight is 347 g/mol. The van der Waals surface area contributed by atoms with Gasteiger partial charge >= 0.3 is 5.97 Å². The molecule has 6 heteroatoms. The minimum absolute atomic E-state index is 0.0417. The van der Waals surface area contributed by atoms with Gasteiger partial charge in [0.1, 0.15) is 0 Å². The molecule has 1 aromatic carbocycles. The Hall–Kier alpha value is -2.18. The lowest BCUT2D eigenvalue weighted by molar-refractivity contribution is -0.139. The molecule has 2 rings (SSSR count). The Morgan fingerprint density at radius 1 is 1.28 bits per heavy atom. The summed E-state index contributed by atoms with van der Waals surface area (Å²) in [5, 5.41) is 28.2. The SMILES string of the molecule is C[C@@H]1CCN(C(=O)c2ccccc2)[C@@H]1C=C[C@@H](O)C[C@@H](O)CC(=O)O. The van der Waals surface area contributed by atoms with Gasteiger partial charge in [-0.25, -0.2) is 0 Å². The molecule has 0 saturated carbocycles. The van der Waals surface area contributed by atoms with E-state index in [1.165, 1.54) is 0 Å². The summed E-state index contributed by atoms with van der Waals surface area (Å²) in [7, 11) is 0. The van der Waals surface area contributed by atoms with E-state index in [0.29, 0.717) is 12.1 Å². The zero-order valence-corrected chi connectivity index (χ0v) is 14.3. The number of aliphatic hydroxyl groups is 2. The third-order valence-corrected chi connectivity index (χ3v) is 4.50. The van der Waals surface area contributed by atoms with Gasteiger partial charge in [-0.2, -0.15) is 0 Å². The molecule has 0 spiro atoms. The van der Waals surface area contributed by atoms with Crippen LogP contribution in [0.2, 0.25) is 0 Å². The first-order valence-corrected chi connectivity index (χ1v) is 8.50. The topological polar surface area (TPSA) is 98.1 Å². The third-order valence-electron chi connectivity index (χ3n) is 4.50.